The Balaban J connectivity index is 2.01. The van der Waals surface area contributed by atoms with Crippen LogP contribution in [0.15, 0.2) is 24.3 Å². The van der Waals surface area contributed by atoms with Gasteiger partial charge < -0.3 is 5.32 Å². The highest BCUT2D eigenvalue weighted by Crippen LogP contribution is 2.39. The van der Waals surface area contributed by atoms with E-state index in [1.165, 1.54) is 12.1 Å². The molecule has 1 N–H and O–H groups in total. The van der Waals surface area contributed by atoms with E-state index >= 15 is 0 Å². The number of carbonyl (C=O) groups is 3. The number of nitrogens with one attached hydrogen (secondary N) is 1. The summed E-state index contributed by atoms with van der Waals surface area (Å²) in [4.78, 5) is 37.8. The molecule has 1 aliphatic heterocycles. The van der Waals surface area contributed by atoms with E-state index < -0.39 is 11.3 Å². The summed E-state index contributed by atoms with van der Waals surface area (Å²) in [6.07, 6.45) is 0.129. The Morgan fingerprint density at radius 2 is 1.83 bits per heavy atom. The van der Waals surface area contributed by atoms with E-state index in [0.717, 1.165) is 10.5 Å². The Bertz CT molecular complexity index is 657. The summed E-state index contributed by atoms with van der Waals surface area (Å²) in [5.74, 6) is -1.37. The van der Waals surface area contributed by atoms with Crippen molar-refractivity contribution in [2.45, 2.75) is 40.2 Å². The molecule has 0 spiro atoms. The average molecular weight is 334 g/mol. The first kappa shape index (κ1) is 18.1. The zero-order valence-electron chi connectivity index (χ0n) is 14.4. The Hall–Kier alpha value is -2.24. The van der Waals surface area contributed by atoms with Crippen LogP contribution in [0.1, 0.15) is 45.7 Å². The third kappa shape index (κ3) is 3.47. The maximum atomic E-state index is 12.9. The Morgan fingerprint density at radius 1 is 1.25 bits per heavy atom. The summed E-state index contributed by atoms with van der Waals surface area (Å²) in [7, 11) is 0. The number of rotatable bonds is 5. The molecule has 0 saturated carbocycles. The van der Waals surface area contributed by atoms with E-state index in [1.807, 2.05) is 13.8 Å². The second-order valence-electron chi connectivity index (χ2n) is 6.87. The minimum Gasteiger partial charge on any atom is -0.348 e. The first-order chi connectivity index (χ1) is 11.1. The lowest BCUT2D eigenvalue weighted by Gasteiger charge is -2.26. The van der Waals surface area contributed by atoms with Crippen molar-refractivity contribution in [1.29, 1.82) is 0 Å². The number of likely N-dealkylation sites (tertiary alicyclic amines) is 1. The van der Waals surface area contributed by atoms with Gasteiger partial charge in [-0.1, -0.05) is 26.0 Å². The molecule has 0 radical (unpaired) electrons. The molecule has 2 atom stereocenters. The van der Waals surface area contributed by atoms with Crippen molar-refractivity contribution >= 4 is 17.7 Å². The van der Waals surface area contributed by atoms with Gasteiger partial charge in [0.25, 0.3) is 0 Å². The summed E-state index contributed by atoms with van der Waals surface area (Å²) in [5.41, 5.74) is -0.00391. The van der Waals surface area contributed by atoms with Crippen LogP contribution in [0.3, 0.4) is 0 Å². The molecule has 1 aliphatic rings. The molecule has 1 aromatic carbocycles. The van der Waals surface area contributed by atoms with E-state index in [1.54, 1.807) is 26.0 Å². The van der Waals surface area contributed by atoms with Crippen molar-refractivity contribution in [3.05, 3.63) is 35.6 Å². The molecule has 0 aromatic heterocycles. The molecular weight excluding hydrogens is 311 g/mol. The number of nitrogens with zero attached hydrogens (tertiary/aromatic N) is 1. The highest BCUT2D eigenvalue weighted by atomic mass is 19.1. The average Bonchev–Trinajstić information content (AvgIpc) is 2.72. The molecule has 5 nitrogen and oxygen atoms in total. The van der Waals surface area contributed by atoms with Crippen molar-refractivity contribution in [2.24, 2.45) is 11.3 Å². The molecule has 1 aromatic rings. The van der Waals surface area contributed by atoms with Crippen LogP contribution in [0.25, 0.3) is 0 Å². The minimum absolute atomic E-state index is 0.0140. The fourth-order valence-corrected chi connectivity index (χ4v) is 2.78. The van der Waals surface area contributed by atoms with Crippen LogP contribution in [-0.2, 0) is 14.4 Å². The molecule has 24 heavy (non-hydrogen) atoms. The number of imide groups is 1. The lowest BCUT2D eigenvalue weighted by molar-refractivity contribution is -0.145. The molecular formula is C18H23FN2O3. The fraction of sp³-hybridized carbons (Fsp3) is 0.500. The van der Waals surface area contributed by atoms with Gasteiger partial charge in [-0.15, -0.1) is 0 Å². The van der Waals surface area contributed by atoms with Gasteiger partial charge in [0.05, 0.1) is 11.5 Å². The van der Waals surface area contributed by atoms with Gasteiger partial charge in [0, 0.05) is 6.42 Å². The molecule has 130 valence electrons. The maximum Gasteiger partial charge on any atom is 0.240 e. The highest BCUT2D eigenvalue weighted by molar-refractivity contribution is 6.07. The summed E-state index contributed by atoms with van der Waals surface area (Å²) in [6.45, 7) is 7.02. The first-order valence-corrected chi connectivity index (χ1v) is 8.04. The van der Waals surface area contributed by atoms with Gasteiger partial charge in [-0.05, 0) is 37.5 Å². The van der Waals surface area contributed by atoms with Crippen LogP contribution in [-0.4, -0.2) is 29.2 Å². The number of amides is 3. The van der Waals surface area contributed by atoms with Crippen LogP contribution in [0.2, 0.25) is 0 Å². The van der Waals surface area contributed by atoms with Crippen molar-refractivity contribution in [3.8, 4) is 0 Å². The summed E-state index contributed by atoms with van der Waals surface area (Å²) < 4.78 is 12.9. The van der Waals surface area contributed by atoms with Crippen LogP contribution < -0.4 is 5.32 Å². The van der Waals surface area contributed by atoms with Crippen LogP contribution in [0.5, 0.6) is 0 Å². The number of benzene rings is 1. The molecule has 0 aliphatic carbocycles. The lowest BCUT2D eigenvalue weighted by atomic mass is 9.78. The van der Waals surface area contributed by atoms with Gasteiger partial charge in [-0.3, -0.25) is 19.3 Å². The lowest BCUT2D eigenvalue weighted by Crippen LogP contribution is -2.43. The smallest absolute Gasteiger partial charge is 0.240 e. The summed E-state index contributed by atoms with van der Waals surface area (Å²) in [6, 6.07) is 5.46. The highest BCUT2D eigenvalue weighted by Gasteiger charge is 2.50. The third-order valence-electron chi connectivity index (χ3n) is 4.88. The predicted molar refractivity (Wildman–Crippen MR) is 87.2 cm³/mol. The van der Waals surface area contributed by atoms with E-state index in [2.05, 4.69) is 5.32 Å². The van der Waals surface area contributed by atoms with Gasteiger partial charge in [-0.2, -0.15) is 0 Å². The number of halogens is 1. The Labute approximate surface area is 141 Å². The molecule has 6 heteroatoms. The Morgan fingerprint density at radius 3 is 2.33 bits per heavy atom. The molecule has 0 bridgehead atoms. The van der Waals surface area contributed by atoms with E-state index in [9.17, 15) is 18.8 Å². The van der Waals surface area contributed by atoms with Gasteiger partial charge in [-0.25, -0.2) is 4.39 Å². The molecule has 0 unspecified atom stereocenters. The van der Waals surface area contributed by atoms with Crippen molar-refractivity contribution in [2.75, 3.05) is 6.54 Å². The number of hydrogen-bond donors (Lipinski definition) is 1. The zero-order valence-corrected chi connectivity index (χ0v) is 14.4. The zero-order chi connectivity index (χ0) is 18.1. The van der Waals surface area contributed by atoms with Gasteiger partial charge >= 0.3 is 0 Å². The van der Waals surface area contributed by atoms with E-state index in [-0.39, 0.29) is 42.6 Å². The minimum atomic E-state index is -0.750. The van der Waals surface area contributed by atoms with Crippen LogP contribution >= 0.6 is 0 Å². The molecule has 1 heterocycles. The van der Waals surface area contributed by atoms with Crippen molar-refractivity contribution in [1.82, 2.24) is 10.2 Å². The van der Waals surface area contributed by atoms with Crippen LogP contribution in [0, 0.1) is 17.2 Å². The maximum absolute atomic E-state index is 12.9. The molecule has 3 amide bonds. The molecule has 2 rings (SSSR count). The second kappa shape index (κ2) is 6.71. The number of hydrogen-bond acceptors (Lipinski definition) is 3. The van der Waals surface area contributed by atoms with Crippen molar-refractivity contribution in [3.63, 3.8) is 0 Å². The van der Waals surface area contributed by atoms with Gasteiger partial charge in [0.2, 0.25) is 17.7 Å². The topological polar surface area (TPSA) is 66.5 Å². The quantitative estimate of drug-likeness (QED) is 0.841. The van der Waals surface area contributed by atoms with Gasteiger partial charge in [0.1, 0.15) is 12.4 Å². The summed E-state index contributed by atoms with van der Waals surface area (Å²) >= 11 is 0. The SMILES string of the molecule is CC(C)[C@]1(C)CC(=O)N(CC(=O)N[C@H](C)c2ccc(F)cc2)C1=O. The van der Waals surface area contributed by atoms with E-state index in [4.69, 9.17) is 0 Å². The van der Waals surface area contributed by atoms with Gasteiger partial charge in [0.15, 0.2) is 0 Å². The normalized spacial score (nSPS) is 22.2. The summed E-state index contributed by atoms with van der Waals surface area (Å²) in [5, 5.41) is 2.73. The third-order valence-corrected chi connectivity index (χ3v) is 4.88. The number of carbonyl (C=O) groups excluding carboxylic acids is 3. The predicted octanol–water partition coefficient (Wildman–Crippen LogP) is 2.42. The Kier molecular flexibility index (Phi) is 5.06. The van der Waals surface area contributed by atoms with E-state index in [0.29, 0.717) is 0 Å². The fourth-order valence-electron chi connectivity index (χ4n) is 2.78. The standard InChI is InChI=1S/C18H23FN2O3/c1-11(2)18(4)9-16(23)21(17(18)24)10-15(22)20-12(3)13-5-7-14(19)8-6-13/h5-8,11-12H,9-10H2,1-4H3,(H,20,22)/t12-,18+/m1/s1. The monoisotopic (exact) mass is 334 g/mol. The molecule has 1 saturated heterocycles. The second-order valence-corrected chi connectivity index (χ2v) is 6.87. The molecule has 1 fully saturated rings. The first-order valence-electron chi connectivity index (χ1n) is 8.04. The van der Waals surface area contributed by atoms with Crippen molar-refractivity contribution < 1.29 is 18.8 Å². The largest absolute Gasteiger partial charge is 0.348 e. The van der Waals surface area contributed by atoms with Crippen LogP contribution in [0.4, 0.5) is 4.39 Å².